The van der Waals surface area contributed by atoms with Gasteiger partial charge in [0.2, 0.25) is 0 Å². The molecule has 10 aromatic carbocycles. The number of aromatic nitrogens is 1. The normalized spacial score (nSPS) is 14.5. The zero-order valence-corrected chi connectivity index (χ0v) is 36.9. The van der Waals surface area contributed by atoms with Gasteiger partial charge in [0.15, 0.2) is 0 Å². The van der Waals surface area contributed by atoms with Gasteiger partial charge < -0.3 is 9.47 Å². The Balaban J connectivity index is 1.06. The first kappa shape index (κ1) is 36.8. The molecule has 2 nitrogen and oxygen atoms in total. The van der Waals surface area contributed by atoms with Crippen LogP contribution in [0.3, 0.4) is 0 Å². The van der Waals surface area contributed by atoms with Crippen molar-refractivity contribution < 1.29 is 0 Å². The molecule has 0 saturated carbocycles. The zero-order valence-electron chi connectivity index (χ0n) is 36.1. The molecule has 306 valence electrons. The molecule has 11 aromatic rings. The molecule has 0 fully saturated rings. The summed E-state index contributed by atoms with van der Waals surface area (Å²) in [6, 6.07) is 82.2. The van der Waals surface area contributed by atoms with Crippen molar-refractivity contribution in [1.82, 2.24) is 4.57 Å². The molecule has 0 amide bonds. The standard InChI is InChI=1S/C62H42N2S/c1-61(2)51-22-10-8-20-45(51)46-31-28-43(37-54(46)61)63(42-30-33-58-50(36-42)48-21-9-13-25-57(48)64(58)41-18-4-3-5-19-41)44-29-32-47-49-34-39-16-6-7-17-40(39)35-55(49)62(56(47)38-44)52-23-11-14-26-59(52)65-60-27-15-12-24-53(60)62/h3-38H,1-2H3. The highest BCUT2D eigenvalue weighted by Gasteiger charge is 2.50. The van der Waals surface area contributed by atoms with E-state index in [-0.39, 0.29) is 5.41 Å². The average molecular weight is 847 g/mol. The molecule has 0 bridgehead atoms. The fourth-order valence-electron chi connectivity index (χ4n) is 11.9. The predicted molar refractivity (Wildman–Crippen MR) is 272 cm³/mol. The summed E-state index contributed by atoms with van der Waals surface area (Å²) in [7, 11) is 0. The summed E-state index contributed by atoms with van der Waals surface area (Å²) in [6.45, 7) is 4.76. The monoisotopic (exact) mass is 846 g/mol. The van der Waals surface area contributed by atoms with Crippen LogP contribution in [0.25, 0.3) is 60.5 Å². The lowest BCUT2D eigenvalue weighted by Gasteiger charge is -2.40. The molecule has 1 spiro atoms. The van der Waals surface area contributed by atoms with Crippen molar-refractivity contribution in [2.45, 2.75) is 34.5 Å². The van der Waals surface area contributed by atoms with E-state index in [0.717, 1.165) is 22.7 Å². The highest BCUT2D eigenvalue weighted by Crippen LogP contribution is 2.63. The van der Waals surface area contributed by atoms with Crippen LogP contribution in [-0.2, 0) is 10.8 Å². The summed E-state index contributed by atoms with van der Waals surface area (Å²) in [5.41, 5.74) is 19.6. The number of rotatable bonds is 4. The summed E-state index contributed by atoms with van der Waals surface area (Å²) >= 11 is 1.90. The summed E-state index contributed by atoms with van der Waals surface area (Å²) in [5.74, 6) is 0. The number of para-hydroxylation sites is 2. The highest BCUT2D eigenvalue weighted by molar-refractivity contribution is 7.99. The first-order valence-corrected chi connectivity index (χ1v) is 23.5. The number of benzene rings is 10. The second-order valence-electron chi connectivity index (χ2n) is 18.4. The summed E-state index contributed by atoms with van der Waals surface area (Å²) in [5, 5.41) is 4.99. The van der Waals surface area contributed by atoms with Crippen molar-refractivity contribution in [3.8, 4) is 27.9 Å². The molecular weight excluding hydrogens is 805 g/mol. The lowest BCUT2D eigenvalue weighted by molar-refractivity contribution is 0.660. The largest absolute Gasteiger partial charge is 0.310 e. The van der Waals surface area contributed by atoms with Crippen LogP contribution < -0.4 is 4.90 Å². The van der Waals surface area contributed by atoms with Crippen LogP contribution in [0, 0.1) is 0 Å². The minimum absolute atomic E-state index is 0.153. The third-order valence-electron chi connectivity index (χ3n) is 14.8. The molecule has 2 aliphatic carbocycles. The van der Waals surface area contributed by atoms with Crippen LogP contribution in [0.2, 0.25) is 0 Å². The number of hydrogen-bond donors (Lipinski definition) is 0. The van der Waals surface area contributed by atoms with Gasteiger partial charge in [-0.05, 0) is 151 Å². The molecule has 0 atom stereocenters. The van der Waals surface area contributed by atoms with Crippen LogP contribution in [0.1, 0.15) is 47.2 Å². The van der Waals surface area contributed by atoms with Crippen molar-refractivity contribution in [2.75, 3.05) is 4.90 Å². The maximum Gasteiger partial charge on any atom is 0.0736 e. The first-order chi connectivity index (χ1) is 32.0. The van der Waals surface area contributed by atoms with Gasteiger partial charge in [0, 0.05) is 48.7 Å². The molecule has 0 N–H and O–H groups in total. The first-order valence-electron chi connectivity index (χ1n) is 22.7. The lowest BCUT2D eigenvalue weighted by atomic mass is 9.67. The van der Waals surface area contributed by atoms with Crippen LogP contribution in [-0.4, -0.2) is 4.57 Å². The quantitative estimate of drug-likeness (QED) is 0.174. The molecule has 3 aliphatic rings. The molecule has 0 saturated heterocycles. The smallest absolute Gasteiger partial charge is 0.0736 e. The van der Waals surface area contributed by atoms with E-state index in [1.54, 1.807) is 0 Å². The maximum absolute atomic E-state index is 2.54. The highest BCUT2D eigenvalue weighted by atomic mass is 32.2. The molecule has 2 heterocycles. The summed E-state index contributed by atoms with van der Waals surface area (Å²) < 4.78 is 2.41. The molecular formula is C62H42N2S. The van der Waals surface area contributed by atoms with Gasteiger partial charge in [-0.2, -0.15) is 0 Å². The second-order valence-corrected chi connectivity index (χ2v) is 19.5. The van der Waals surface area contributed by atoms with E-state index in [1.165, 1.54) is 98.0 Å². The Morgan fingerprint density at radius 3 is 1.65 bits per heavy atom. The van der Waals surface area contributed by atoms with Gasteiger partial charge >= 0.3 is 0 Å². The Kier molecular flexibility index (Phi) is 7.63. The Hall–Kier alpha value is -7.59. The number of hydrogen-bond acceptors (Lipinski definition) is 2. The molecule has 3 heteroatoms. The van der Waals surface area contributed by atoms with Crippen molar-refractivity contribution in [1.29, 1.82) is 0 Å². The number of nitrogens with zero attached hydrogens (tertiary/aromatic N) is 2. The van der Waals surface area contributed by atoms with Crippen molar-refractivity contribution in [2.24, 2.45) is 0 Å². The molecule has 1 aliphatic heterocycles. The average Bonchev–Trinajstić information content (AvgIpc) is 3.91. The van der Waals surface area contributed by atoms with Gasteiger partial charge in [0.05, 0.1) is 16.4 Å². The molecule has 1 aromatic heterocycles. The Labute approximate surface area is 383 Å². The second kappa shape index (κ2) is 13.5. The van der Waals surface area contributed by atoms with Gasteiger partial charge in [-0.15, -0.1) is 0 Å². The molecule has 0 radical (unpaired) electrons. The lowest BCUT2D eigenvalue weighted by Crippen LogP contribution is -2.32. The van der Waals surface area contributed by atoms with E-state index in [4.69, 9.17) is 0 Å². The van der Waals surface area contributed by atoms with Crippen molar-refractivity contribution in [3.05, 3.63) is 252 Å². The SMILES string of the molecule is CC1(C)c2ccccc2-c2ccc(N(c3ccc4c(c3)C3(c5ccccc5Sc5ccccc53)c3cc5ccccc5cc3-4)c3ccc4c(c3)c3ccccc3n4-c3ccccc3)cc21. The van der Waals surface area contributed by atoms with Crippen molar-refractivity contribution in [3.63, 3.8) is 0 Å². The van der Waals surface area contributed by atoms with E-state index >= 15 is 0 Å². The fraction of sp³-hybridized carbons (Fsp3) is 0.0645. The third-order valence-corrected chi connectivity index (χ3v) is 16.0. The maximum atomic E-state index is 2.54. The van der Waals surface area contributed by atoms with E-state index in [1.807, 2.05) is 11.8 Å². The summed E-state index contributed by atoms with van der Waals surface area (Å²) in [4.78, 5) is 5.14. The summed E-state index contributed by atoms with van der Waals surface area (Å²) in [6.07, 6.45) is 0. The van der Waals surface area contributed by atoms with E-state index in [9.17, 15) is 0 Å². The predicted octanol–water partition coefficient (Wildman–Crippen LogP) is 16.5. The van der Waals surface area contributed by atoms with Gasteiger partial charge in [-0.1, -0.05) is 159 Å². The van der Waals surface area contributed by atoms with Crippen molar-refractivity contribution >= 4 is 61.4 Å². The minimum Gasteiger partial charge on any atom is -0.310 e. The van der Waals surface area contributed by atoms with E-state index in [0.29, 0.717) is 0 Å². The van der Waals surface area contributed by atoms with Gasteiger partial charge in [0.1, 0.15) is 0 Å². The Morgan fingerprint density at radius 1 is 0.369 bits per heavy atom. The molecule has 65 heavy (non-hydrogen) atoms. The van der Waals surface area contributed by atoms with E-state index in [2.05, 4.69) is 242 Å². The van der Waals surface area contributed by atoms with Gasteiger partial charge in [-0.3, -0.25) is 0 Å². The topological polar surface area (TPSA) is 8.17 Å². The van der Waals surface area contributed by atoms with Crippen LogP contribution in [0.5, 0.6) is 0 Å². The van der Waals surface area contributed by atoms with E-state index < -0.39 is 5.41 Å². The van der Waals surface area contributed by atoms with Gasteiger partial charge in [-0.25, -0.2) is 0 Å². The molecule has 0 unspecified atom stereocenters. The number of anilines is 3. The number of fused-ring (bicyclic) bond motifs is 16. The van der Waals surface area contributed by atoms with Crippen LogP contribution in [0.4, 0.5) is 17.1 Å². The fourth-order valence-corrected chi connectivity index (χ4v) is 13.1. The minimum atomic E-state index is -0.524. The Bertz CT molecular complexity index is 3750. The van der Waals surface area contributed by atoms with Crippen LogP contribution in [0.15, 0.2) is 228 Å². The molecule has 14 rings (SSSR count). The van der Waals surface area contributed by atoms with Gasteiger partial charge in [0.25, 0.3) is 0 Å². The van der Waals surface area contributed by atoms with Crippen LogP contribution >= 0.6 is 11.8 Å². The zero-order chi connectivity index (χ0) is 43.0. The third kappa shape index (κ3) is 5.02. The Morgan fingerprint density at radius 2 is 0.892 bits per heavy atom.